The Hall–Kier alpha value is -1.60. The van der Waals surface area contributed by atoms with E-state index in [2.05, 4.69) is 27.9 Å². The number of piperazine rings is 1. The Morgan fingerprint density at radius 3 is 2.47 bits per heavy atom. The lowest BCUT2D eigenvalue weighted by molar-refractivity contribution is 0.312. The minimum atomic E-state index is 0.669. The van der Waals surface area contributed by atoms with Gasteiger partial charge >= 0.3 is 0 Å². The molecular formula is C13H20N4. The molecule has 0 amide bonds. The second-order valence-corrected chi connectivity index (χ2v) is 3.78. The molecule has 0 aliphatic carbocycles. The lowest BCUT2D eigenvalue weighted by Crippen LogP contribution is -2.45. The van der Waals surface area contributed by atoms with Crippen LogP contribution in [0.15, 0.2) is 18.3 Å². The molecule has 2 rings (SSSR count). The van der Waals surface area contributed by atoms with E-state index in [1.165, 1.54) is 0 Å². The van der Waals surface area contributed by atoms with Crippen LogP contribution in [0.25, 0.3) is 0 Å². The van der Waals surface area contributed by atoms with Crippen molar-refractivity contribution in [3.05, 3.63) is 23.9 Å². The maximum Gasteiger partial charge on any atom is 0.146 e. The zero-order chi connectivity index (χ0) is 12.7. The van der Waals surface area contributed by atoms with Crippen LogP contribution < -0.4 is 4.90 Å². The van der Waals surface area contributed by atoms with Gasteiger partial charge in [0.15, 0.2) is 0 Å². The van der Waals surface area contributed by atoms with Crippen molar-refractivity contribution in [3.63, 3.8) is 0 Å². The number of anilines is 1. The van der Waals surface area contributed by atoms with Gasteiger partial charge in [-0.25, -0.2) is 4.98 Å². The third-order valence-corrected chi connectivity index (χ3v) is 2.71. The monoisotopic (exact) mass is 232 g/mol. The molecule has 0 unspecified atom stereocenters. The molecular weight excluding hydrogens is 212 g/mol. The Morgan fingerprint density at radius 1 is 1.24 bits per heavy atom. The molecule has 4 heteroatoms. The Labute approximate surface area is 103 Å². The number of nitrogens with zero attached hydrogens (tertiary/aromatic N) is 4. The van der Waals surface area contributed by atoms with E-state index < -0.39 is 0 Å². The molecule has 1 fully saturated rings. The standard InChI is InChI=1S/C11H14N4.C2H6/c1-14-5-7-15(8-6-14)11-10(9-12)3-2-4-13-11;1-2/h2-4H,5-8H2,1H3;1-2H3. The van der Waals surface area contributed by atoms with E-state index in [1.54, 1.807) is 12.3 Å². The SMILES string of the molecule is CC.CN1CCN(c2ncccc2C#N)CC1. The first-order valence-corrected chi connectivity index (χ1v) is 6.10. The summed E-state index contributed by atoms with van der Waals surface area (Å²) in [5.41, 5.74) is 0.669. The summed E-state index contributed by atoms with van der Waals surface area (Å²) in [7, 11) is 2.11. The highest BCUT2D eigenvalue weighted by Crippen LogP contribution is 2.17. The summed E-state index contributed by atoms with van der Waals surface area (Å²) in [6, 6.07) is 5.81. The number of pyridine rings is 1. The first-order chi connectivity index (χ1) is 8.31. The molecule has 4 nitrogen and oxygen atoms in total. The van der Waals surface area contributed by atoms with Gasteiger partial charge in [-0.3, -0.25) is 0 Å². The zero-order valence-corrected chi connectivity index (χ0v) is 10.8. The van der Waals surface area contributed by atoms with E-state index >= 15 is 0 Å². The fraction of sp³-hybridized carbons (Fsp3) is 0.538. The van der Waals surface area contributed by atoms with Crippen LogP contribution in [-0.2, 0) is 0 Å². The Morgan fingerprint density at radius 2 is 1.88 bits per heavy atom. The van der Waals surface area contributed by atoms with Gasteiger partial charge in [0, 0.05) is 32.4 Å². The van der Waals surface area contributed by atoms with Gasteiger partial charge in [0.25, 0.3) is 0 Å². The number of aromatic nitrogens is 1. The highest BCUT2D eigenvalue weighted by molar-refractivity contribution is 5.53. The summed E-state index contributed by atoms with van der Waals surface area (Å²) in [6.07, 6.45) is 1.74. The van der Waals surface area contributed by atoms with Gasteiger partial charge in [-0.05, 0) is 19.2 Å². The van der Waals surface area contributed by atoms with Crippen LogP contribution >= 0.6 is 0 Å². The zero-order valence-electron chi connectivity index (χ0n) is 10.8. The summed E-state index contributed by atoms with van der Waals surface area (Å²) in [5, 5.41) is 8.97. The van der Waals surface area contributed by atoms with Gasteiger partial charge in [0.1, 0.15) is 11.9 Å². The van der Waals surface area contributed by atoms with Crippen LogP contribution in [0, 0.1) is 11.3 Å². The van der Waals surface area contributed by atoms with Crippen molar-refractivity contribution >= 4 is 5.82 Å². The molecule has 0 aromatic carbocycles. The molecule has 1 aromatic rings. The normalized spacial score (nSPS) is 15.8. The van der Waals surface area contributed by atoms with Gasteiger partial charge in [-0.15, -0.1) is 0 Å². The van der Waals surface area contributed by atoms with Crippen LogP contribution in [0.3, 0.4) is 0 Å². The van der Waals surface area contributed by atoms with Crippen LogP contribution in [-0.4, -0.2) is 43.1 Å². The van der Waals surface area contributed by atoms with Crippen LogP contribution in [0.5, 0.6) is 0 Å². The average Bonchev–Trinajstić information content (AvgIpc) is 2.42. The molecule has 0 spiro atoms. The van der Waals surface area contributed by atoms with Crippen molar-refractivity contribution in [2.45, 2.75) is 13.8 Å². The van der Waals surface area contributed by atoms with E-state index in [9.17, 15) is 0 Å². The smallest absolute Gasteiger partial charge is 0.146 e. The second kappa shape index (κ2) is 6.87. The van der Waals surface area contributed by atoms with E-state index in [4.69, 9.17) is 5.26 Å². The summed E-state index contributed by atoms with van der Waals surface area (Å²) in [5.74, 6) is 0.827. The third-order valence-electron chi connectivity index (χ3n) is 2.71. The molecule has 0 atom stereocenters. The number of hydrogen-bond acceptors (Lipinski definition) is 4. The van der Waals surface area contributed by atoms with Crippen molar-refractivity contribution in [2.24, 2.45) is 0 Å². The number of likely N-dealkylation sites (N-methyl/N-ethyl adjacent to an activating group) is 1. The molecule has 1 saturated heterocycles. The summed E-state index contributed by atoms with van der Waals surface area (Å²) < 4.78 is 0. The molecule has 1 aliphatic heterocycles. The molecule has 0 radical (unpaired) electrons. The molecule has 2 heterocycles. The molecule has 0 saturated carbocycles. The maximum atomic E-state index is 8.97. The first kappa shape index (κ1) is 13.5. The Kier molecular flexibility index (Phi) is 5.44. The predicted octanol–water partition coefficient (Wildman–Crippen LogP) is 1.73. The lowest BCUT2D eigenvalue weighted by atomic mass is 10.2. The van der Waals surface area contributed by atoms with Crippen molar-refractivity contribution in [2.75, 3.05) is 38.1 Å². The highest BCUT2D eigenvalue weighted by Gasteiger charge is 2.17. The summed E-state index contributed by atoms with van der Waals surface area (Å²) in [4.78, 5) is 8.75. The molecule has 0 N–H and O–H groups in total. The molecule has 1 aromatic heterocycles. The van der Waals surface area contributed by atoms with Gasteiger partial charge in [-0.2, -0.15) is 5.26 Å². The van der Waals surface area contributed by atoms with Gasteiger partial charge in [-0.1, -0.05) is 13.8 Å². The topological polar surface area (TPSA) is 43.2 Å². The van der Waals surface area contributed by atoms with Crippen molar-refractivity contribution in [3.8, 4) is 6.07 Å². The first-order valence-electron chi connectivity index (χ1n) is 6.10. The summed E-state index contributed by atoms with van der Waals surface area (Å²) >= 11 is 0. The molecule has 17 heavy (non-hydrogen) atoms. The van der Waals surface area contributed by atoms with Crippen molar-refractivity contribution < 1.29 is 0 Å². The van der Waals surface area contributed by atoms with Gasteiger partial charge in [0.2, 0.25) is 0 Å². The van der Waals surface area contributed by atoms with Crippen LogP contribution in [0.2, 0.25) is 0 Å². The van der Waals surface area contributed by atoms with Crippen LogP contribution in [0.4, 0.5) is 5.82 Å². The molecule has 0 bridgehead atoms. The van der Waals surface area contributed by atoms with Crippen molar-refractivity contribution in [1.82, 2.24) is 9.88 Å². The highest BCUT2D eigenvalue weighted by atomic mass is 15.3. The number of nitriles is 1. The predicted molar refractivity (Wildman–Crippen MR) is 70.0 cm³/mol. The van der Waals surface area contributed by atoms with Gasteiger partial charge < -0.3 is 9.80 Å². The fourth-order valence-corrected chi connectivity index (χ4v) is 1.75. The van der Waals surface area contributed by atoms with E-state index in [-0.39, 0.29) is 0 Å². The minimum Gasteiger partial charge on any atom is -0.353 e. The molecule has 1 aliphatic rings. The van der Waals surface area contributed by atoms with E-state index in [0.29, 0.717) is 5.56 Å². The Bertz CT molecular complexity index is 375. The Balaban J connectivity index is 0.000000686. The second-order valence-electron chi connectivity index (χ2n) is 3.78. The average molecular weight is 232 g/mol. The number of rotatable bonds is 1. The summed E-state index contributed by atoms with van der Waals surface area (Å²) in [6.45, 7) is 7.95. The van der Waals surface area contributed by atoms with Crippen LogP contribution in [0.1, 0.15) is 19.4 Å². The maximum absolute atomic E-state index is 8.97. The van der Waals surface area contributed by atoms with E-state index in [0.717, 1.165) is 32.0 Å². The van der Waals surface area contributed by atoms with Crippen molar-refractivity contribution in [1.29, 1.82) is 5.26 Å². The largest absolute Gasteiger partial charge is 0.353 e. The van der Waals surface area contributed by atoms with E-state index in [1.807, 2.05) is 19.9 Å². The van der Waals surface area contributed by atoms with Gasteiger partial charge in [0.05, 0.1) is 5.56 Å². The quantitative estimate of drug-likeness (QED) is 0.739. The third kappa shape index (κ3) is 3.43. The minimum absolute atomic E-state index is 0.669. The fourth-order valence-electron chi connectivity index (χ4n) is 1.75. The number of hydrogen-bond donors (Lipinski definition) is 0. The molecule has 92 valence electrons. The lowest BCUT2D eigenvalue weighted by Gasteiger charge is -2.33.